The zero-order valence-electron chi connectivity index (χ0n) is 20.8. The van der Waals surface area contributed by atoms with Crippen LogP contribution in [-0.2, 0) is 26.2 Å². The summed E-state index contributed by atoms with van der Waals surface area (Å²) in [4.78, 5) is 27.9. The van der Waals surface area contributed by atoms with Gasteiger partial charge in [0.1, 0.15) is 12.6 Å². The van der Waals surface area contributed by atoms with Gasteiger partial charge in [-0.25, -0.2) is 8.42 Å². The van der Waals surface area contributed by atoms with E-state index in [4.69, 9.17) is 11.6 Å². The molecule has 0 heterocycles. The van der Waals surface area contributed by atoms with Gasteiger partial charge in [0.25, 0.3) is 0 Å². The molecule has 0 saturated heterocycles. The summed E-state index contributed by atoms with van der Waals surface area (Å²) in [5, 5.41) is 3.35. The van der Waals surface area contributed by atoms with Crippen LogP contribution in [0, 0.1) is 13.8 Å². The molecule has 9 heteroatoms. The predicted octanol–water partition coefficient (Wildman–Crippen LogP) is 4.05. The first-order valence-electron chi connectivity index (χ1n) is 11.0. The smallest absolute Gasteiger partial charge is 0.244 e. The Morgan fingerprint density at radius 1 is 1.06 bits per heavy atom. The number of anilines is 1. The van der Waals surface area contributed by atoms with E-state index in [9.17, 15) is 18.0 Å². The molecule has 0 fully saturated rings. The van der Waals surface area contributed by atoms with Gasteiger partial charge >= 0.3 is 0 Å². The third-order valence-corrected chi connectivity index (χ3v) is 6.98. The van der Waals surface area contributed by atoms with Gasteiger partial charge in [0.2, 0.25) is 21.8 Å². The minimum Gasteiger partial charge on any atom is -0.350 e. The van der Waals surface area contributed by atoms with Crippen LogP contribution in [0.3, 0.4) is 0 Å². The number of hydrogen-bond donors (Lipinski definition) is 1. The average Bonchev–Trinajstić information content (AvgIpc) is 2.71. The molecule has 1 atom stereocenters. The number of aryl methyl sites for hydroxylation is 1. The van der Waals surface area contributed by atoms with Gasteiger partial charge in [0.15, 0.2) is 0 Å². The lowest BCUT2D eigenvalue weighted by molar-refractivity contribution is -0.140. The van der Waals surface area contributed by atoms with Gasteiger partial charge in [0, 0.05) is 17.1 Å². The van der Waals surface area contributed by atoms with Gasteiger partial charge in [-0.15, -0.1) is 0 Å². The molecule has 0 aliphatic carbocycles. The summed E-state index contributed by atoms with van der Waals surface area (Å²) in [6.45, 7) is 10.5. The molecule has 0 spiro atoms. The Bertz CT molecular complexity index is 1160. The Balaban J connectivity index is 2.47. The number of carbonyl (C=O) groups is 2. The van der Waals surface area contributed by atoms with E-state index in [2.05, 4.69) is 5.32 Å². The normalized spacial score (nSPS) is 12.7. The lowest BCUT2D eigenvalue weighted by atomic mass is 10.1. The maximum absolute atomic E-state index is 13.6. The summed E-state index contributed by atoms with van der Waals surface area (Å²) in [6.07, 6.45) is 1.07. The van der Waals surface area contributed by atoms with Crippen LogP contribution in [0.1, 0.15) is 44.4 Å². The lowest BCUT2D eigenvalue weighted by Gasteiger charge is -2.33. The number of rotatable bonds is 8. The van der Waals surface area contributed by atoms with Crippen molar-refractivity contribution in [2.24, 2.45) is 0 Å². The first-order chi connectivity index (χ1) is 15.6. The van der Waals surface area contributed by atoms with Gasteiger partial charge in [-0.05, 0) is 70.4 Å². The highest BCUT2D eigenvalue weighted by Crippen LogP contribution is 2.26. The van der Waals surface area contributed by atoms with Crippen molar-refractivity contribution >= 4 is 39.1 Å². The summed E-state index contributed by atoms with van der Waals surface area (Å²) in [5.41, 5.74) is 2.26. The van der Waals surface area contributed by atoms with E-state index < -0.39 is 34.1 Å². The second-order valence-corrected chi connectivity index (χ2v) is 11.8. The fourth-order valence-electron chi connectivity index (χ4n) is 3.47. The third-order valence-electron chi connectivity index (χ3n) is 5.49. The molecular formula is C25H34ClN3O4S. The molecule has 186 valence electrons. The minimum absolute atomic E-state index is 0.0572. The van der Waals surface area contributed by atoms with E-state index in [0.29, 0.717) is 16.3 Å². The quantitative estimate of drug-likeness (QED) is 0.583. The van der Waals surface area contributed by atoms with Crippen LogP contribution in [0.15, 0.2) is 42.5 Å². The van der Waals surface area contributed by atoms with Crippen molar-refractivity contribution in [2.45, 2.75) is 59.7 Å². The fourth-order valence-corrected chi connectivity index (χ4v) is 4.56. The van der Waals surface area contributed by atoms with Crippen molar-refractivity contribution in [2.75, 3.05) is 17.1 Å². The van der Waals surface area contributed by atoms with Gasteiger partial charge in [0.05, 0.1) is 11.9 Å². The predicted molar refractivity (Wildman–Crippen MR) is 137 cm³/mol. The molecule has 2 aromatic rings. The summed E-state index contributed by atoms with van der Waals surface area (Å²) in [6, 6.07) is 11.5. The molecule has 2 rings (SSSR count). The van der Waals surface area contributed by atoms with Crippen LogP contribution in [0.2, 0.25) is 5.02 Å². The van der Waals surface area contributed by atoms with Crippen LogP contribution in [0.5, 0.6) is 0 Å². The maximum atomic E-state index is 13.6. The van der Waals surface area contributed by atoms with E-state index in [-0.39, 0.29) is 12.5 Å². The molecule has 34 heavy (non-hydrogen) atoms. The number of nitrogens with zero attached hydrogens (tertiary/aromatic N) is 2. The van der Waals surface area contributed by atoms with E-state index >= 15 is 0 Å². The van der Waals surface area contributed by atoms with Crippen molar-refractivity contribution < 1.29 is 18.0 Å². The first-order valence-corrected chi connectivity index (χ1v) is 13.2. The number of benzene rings is 2. The zero-order chi connectivity index (χ0) is 25.8. The topological polar surface area (TPSA) is 86.8 Å². The summed E-state index contributed by atoms with van der Waals surface area (Å²) >= 11 is 6.33. The Labute approximate surface area is 208 Å². The highest BCUT2D eigenvalue weighted by molar-refractivity contribution is 7.92. The van der Waals surface area contributed by atoms with Gasteiger partial charge in [-0.2, -0.15) is 0 Å². The monoisotopic (exact) mass is 507 g/mol. The minimum atomic E-state index is -3.78. The van der Waals surface area contributed by atoms with E-state index in [0.717, 1.165) is 21.7 Å². The summed E-state index contributed by atoms with van der Waals surface area (Å²) in [5.74, 6) is -0.853. The Kier molecular flexibility index (Phi) is 8.77. The molecule has 0 bridgehead atoms. The molecule has 2 aromatic carbocycles. The number of sulfonamides is 1. The Hall–Kier alpha value is -2.58. The van der Waals surface area contributed by atoms with Gasteiger partial charge in [-0.3, -0.25) is 13.9 Å². The molecule has 7 nitrogen and oxygen atoms in total. The van der Waals surface area contributed by atoms with Gasteiger partial charge < -0.3 is 10.2 Å². The Morgan fingerprint density at radius 2 is 1.68 bits per heavy atom. The van der Waals surface area contributed by atoms with Crippen LogP contribution >= 0.6 is 11.6 Å². The van der Waals surface area contributed by atoms with Crippen LogP contribution in [0.4, 0.5) is 5.69 Å². The number of halogens is 1. The zero-order valence-corrected chi connectivity index (χ0v) is 22.4. The van der Waals surface area contributed by atoms with E-state index in [1.165, 1.54) is 4.90 Å². The third kappa shape index (κ3) is 7.21. The van der Waals surface area contributed by atoms with Crippen molar-refractivity contribution in [3.8, 4) is 0 Å². The highest BCUT2D eigenvalue weighted by Gasteiger charge is 2.32. The number of hydrogen-bond acceptors (Lipinski definition) is 4. The summed E-state index contributed by atoms with van der Waals surface area (Å²) < 4.78 is 26.5. The number of carbonyl (C=O) groups excluding carboxylic acids is 2. The van der Waals surface area contributed by atoms with E-state index in [1.807, 2.05) is 40.7 Å². The molecule has 0 aliphatic heterocycles. The number of amides is 2. The van der Waals surface area contributed by atoms with E-state index in [1.54, 1.807) is 43.3 Å². The first kappa shape index (κ1) is 27.7. The average molecular weight is 508 g/mol. The molecule has 0 aliphatic rings. The van der Waals surface area contributed by atoms with Crippen LogP contribution < -0.4 is 9.62 Å². The number of nitrogens with one attached hydrogen (secondary N) is 1. The van der Waals surface area contributed by atoms with Crippen molar-refractivity contribution in [3.05, 3.63) is 64.2 Å². The molecular weight excluding hydrogens is 474 g/mol. The van der Waals surface area contributed by atoms with Crippen molar-refractivity contribution in [3.63, 3.8) is 0 Å². The second-order valence-electron chi connectivity index (χ2n) is 9.52. The maximum Gasteiger partial charge on any atom is 0.244 e. The van der Waals surface area contributed by atoms with Crippen molar-refractivity contribution in [1.82, 2.24) is 10.2 Å². The molecule has 0 aromatic heterocycles. The molecule has 1 N–H and O–H groups in total. The fraction of sp³-hybridized carbons (Fsp3) is 0.440. The summed E-state index contributed by atoms with van der Waals surface area (Å²) in [7, 11) is -3.78. The molecule has 0 radical (unpaired) electrons. The lowest BCUT2D eigenvalue weighted by Crippen LogP contribution is -2.54. The van der Waals surface area contributed by atoms with Crippen LogP contribution in [0.25, 0.3) is 0 Å². The molecule has 2 amide bonds. The molecule has 0 saturated carbocycles. The molecule has 1 unspecified atom stereocenters. The standard InChI is InChI=1S/C25H34ClN3O4S/c1-17-11-10-14-22(18(17)2)29(34(7,32)33)16-23(30)28(15-20-12-8-9-13-21(20)26)19(3)24(31)27-25(4,5)6/h8-14,19H,15-16H2,1-7H3,(H,27,31). The largest absolute Gasteiger partial charge is 0.350 e. The second kappa shape index (κ2) is 10.8. The van der Waals surface area contributed by atoms with Gasteiger partial charge in [-0.1, -0.05) is 41.9 Å². The highest BCUT2D eigenvalue weighted by atomic mass is 35.5. The Morgan fingerprint density at radius 3 is 2.24 bits per heavy atom. The van der Waals surface area contributed by atoms with Crippen LogP contribution in [-0.4, -0.2) is 49.5 Å². The SMILES string of the molecule is Cc1cccc(N(CC(=O)N(Cc2ccccc2Cl)C(C)C(=O)NC(C)(C)C)S(C)(=O)=O)c1C. The van der Waals surface area contributed by atoms with Crippen molar-refractivity contribution in [1.29, 1.82) is 0 Å².